The number of amides is 2. The van der Waals surface area contributed by atoms with Crippen molar-refractivity contribution < 1.29 is 14.3 Å². The molecule has 1 saturated heterocycles. The van der Waals surface area contributed by atoms with Gasteiger partial charge < -0.3 is 19.9 Å². The molecule has 2 rings (SSSR count). The molecule has 0 aromatic heterocycles. The van der Waals surface area contributed by atoms with Gasteiger partial charge in [0.2, 0.25) is 5.91 Å². The third-order valence-electron chi connectivity index (χ3n) is 4.40. The molecule has 0 aliphatic carbocycles. The number of hydrogen-bond acceptors (Lipinski definition) is 4. The first-order valence-corrected chi connectivity index (χ1v) is 8.27. The van der Waals surface area contributed by atoms with Crippen LogP contribution in [0.25, 0.3) is 0 Å². The second kappa shape index (κ2) is 6.51. The summed E-state index contributed by atoms with van der Waals surface area (Å²) in [5.74, 6) is 0.103. The molecule has 2 aliphatic rings. The molecule has 0 spiro atoms. The van der Waals surface area contributed by atoms with E-state index in [9.17, 15) is 9.59 Å². The minimum Gasteiger partial charge on any atom is -0.444 e. The second-order valence-corrected chi connectivity index (χ2v) is 7.68. The first kappa shape index (κ1) is 17.8. The summed E-state index contributed by atoms with van der Waals surface area (Å²) in [5, 5.41) is 3.43. The van der Waals surface area contributed by atoms with E-state index < -0.39 is 5.60 Å². The molecule has 1 fully saturated rings. The van der Waals surface area contributed by atoms with Crippen molar-refractivity contribution >= 4 is 12.0 Å². The van der Waals surface area contributed by atoms with E-state index in [1.807, 2.05) is 46.4 Å². The van der Waals surface area contributed by atoms with Gasteiger partial charge in [-0.3, -0.25) is 4.79 Å². The number of hydrogen-bond donors (Lipinski definition) is 1. The Hall–Kier alpha value is -1.56. The van der Waals surface area contributed by atoms with Crippen molar-refractivity contribution in [3.05, 3.63) is 11.1 Å². The number of carbonyl (C=O) groups excluding carboxylic acids is 2. The molecule has 2 heterocycles. The van der Waals surface area contributed by atoms with Crippen LogP contribution in [0.2, 0.25) is 0 Å². The number of piperazine rings is 1. The van der Waals surface area contributed by atoms with Gasteiger partial charge in [-0.25, -0.2) is 4.79 Å². The van der Waals surface area contributed by atoms with Crippen LogP contribution in [0, 0.1) is 0 Å². The van der Waals surface area contributed by atoms with Crippen molar-refractivity contribution in [2.45, 2.75) is 59.2 Å². The van der Waals surface area contributed by atoms with Gasteiger partial charge in [0.15, 0.2) is 0 Å². The van der Waals surface area contributed by atoms with Crippen LogP contribution in [-0.4, -0.2) is 65.7 Å². The van der Waals surface area contributed by atoms with E-state index in [2.05, 4.69) is 5.32 Å². The van der Waals surface area contributed by atoms with Gasteiger partial charge >= 0.3 is 6.09 Å². The van der Waals surface area contributed by atoms with Gasteiger partial charge in [0.05, 0.1) is 0 Å². The zero-order valence-corrected chi connectivity index (χ0v) is 15.1. The molecule has 0 unspecified atom stereocenters. The fourth-order valence-electron chi connectivity index (χ4n) is 2.94. The van der Waals surface area contributed by atoms with Crippen molar-refractivity contribution in [3.8, 4) is 0 Å². The lowest BCUT2D eigenvalue weighted by molar-refractivity contribution is -0.125. The van der Waals surface area contributed by atoms with Crippen LogP contribution < -0.4 is 5.32 Å². The second-order valence-electron chi connectivity index (χ2n) is 7.68. The van der Waals surface area contributed by atoms with E-state index in [4.69, 9.17) is 4.74 Å². The standard InChI is InChI=1S/C17H29N3O3/c1-11-8-19(15(21)13(11)3)9-14-10-20(12(2)7-18-14)16(22)23-17(4,5)6/h12,14,18H,7-10H2,1-6H3/t12-,14+/m1/s1. The summed E-state index contributed by atoms with van der Waals surface area (Å²) in [4.78, 5) is 28.2. The Labute approximate surface area is 138 Å². The lowest BCUT2D eigenvalue weighted by Gasteiger charge is -2.40. The third kappa shape index (κ3) is 4.25. The van der Waals surface area contributed by atoms with Gasteiger partial charge in [0.1, 0.15) is 5.60 Å². The number of carbonyl (C=O) groups is 2. The molecule has 2 atom stereocenters. The van der Waals surface area contributed by atoms with Crippen LogP contribution in [0.1, 0.15) is 41.5 Å². The van der Waals surface area contributed by atoms with E-state index in [0.29, 0.717) is 26.2 Å². The van der Waals surface area contributed by atoms with Gasteiger partial charge in [-0.15, -0.1) is 0 Å². The van der Waals surface area contributed by atoms with Crippen molar-refractivity contribution in [2.75, 3.05) is 26.2 Å². The highest BCUT2D eigenvalue weighted by Gasteiger charge is 2.34. The maximum Gasteiger partial charge on any atom is 0.410 e. The summed E-state index contributed by atoms with van der Waals surface area (Å²) in [6, 6.07) is 0.151. The van der Waals surface area contributed by atoms with Crippen LogP contribution in [0.3, 0.4) is 0 Å². The van der Waals surface area contributed by atoms with Crippen LogP contribution in [0.5, 0.6) is 0 Å². The van der Waals surface area contributed by atoms with Gasteiger partial charge in [-0.2, -0.15) is 0 Å². The monoisotopic (exact) mass is 323 g/mol. The summed E-state index contributed by atoms with van der Waals surface area (Å²) in [7, 11) is 0. The molecule has 2 aliphatic heterocycles. The highest BCUT2D eigenvalue weighted by Crippen LogP contribution is 2.20. The Morgan fingerprint density at radius 2 is 2.00 bits per heavy atom. The fraction of sp³-hybridized carbons (Fsp3) is 0.765. The lowest BCUT2D eigenvalue weighted by atomic mass is 10.1. The maximum absolute atomic E-state index is 12.4. The van der Waals surface area contributed by atoms with Crippen LogP contribution in [-0.2, 0) is 9.53 Å². The maximum atomic E-state index is 12.4. The van der Waals surface area contributed by atoms with Gasteiger partial charge in [-0.1, -0.05) is 0 Å². The number of nitrogens with zero attached hydrogens (tertiary/aromatic N) is 2. The molecular formula is C17H29N3O3. The summed E-state index contributed by atoms with van der Waals surface area (Å²) >= 11 is 0. The summed E-state index contributed by atoms with van der Waals surface area (Å²) < 4.78 is 5.49. The molecule has 0 aromatic carbocycles. The van der Waals surface area contributed by atoms with E-state index in [1.165, 1.54) is 0 Å². The third-order valence-corrected chi connectivity index (χ3v) is 4.40. The average molecular weight is 323 g/mol. The normalized spacial score (nSPS) is 26.1. The predicted molar refractivity (Wildman–Crippen MR) is 89.1 cm³/mol. The van der Waals surface area contributed by atoms with Crippen molar-refractivity contribution in [1.82, 2.24) is 15.1 Å². The molecule has 2 amide bonds. The molecule has 0 radical (unpaired) electrons. The average Bonchev–Trinajstić information content (AvgIpc) is 2.66. The number of rotatable bonds is 2. The highest BCUT2D eigenvalue weighted by molar-refractivity contribution is 5.96. The molecular weight excluding hydrogens is 294 g/mol. The Balaban J connectivity index is 1.96. The van der Waals surface area contributed by atoms with Crippen LogP contribution >= 0.6 is 0 Å². The van der Waals surface area contributed by atoms with Gasteiger partial charge in [-0.05, 0) is 47.1 Å². The molecule has 6 heteroatoms. The molecule has 23 heavy (non-hydrogen) atoms. The van der Waals surface area contributed by atoms with E-state index in [1.54, 1.807) is 4.90 Å². The van der Waals surface area contributed by atoms with Crippen LogP contribution in [0.15, 0.2) is 11.1 Å². The lowest BCUT2D eigenvalue weighted by Crippen LogP contribution is -2.60. The molecule has 0 aromatic rings. The quantitative estimate of drug-likeness (QED) is 0.841. The first-order chi connectivity index (χ1) is 10.6. The zero-order valence-electron chi connectivity index (χ0n) is 15.1. The van der Waals surface area contributed by atoms with Crippen molar-refractivity contribution in [3.63, 3.8) is 0 Å². The fourth-order valence-corrected chi connectivity index (χ4v) is 2.94. The minimum absolute atomic E-state index is 0.0707. The predicted octanol–water partition coefficient (Wildman–Crippen LogP) is 1.76. The highest BCUT2D eigenvalue weighted by atomic mass is 16.6. The largest absolute Gasteiger partial charge is 0.444 e. The topological polar surface area (TPSA) is 61.9 Å². The number of nitrogens with one attached hydrogen (secondary N) is 1. The Kier molecular flexibility index (Phi) is 5.04. The Morgan fingerprint density at radius 1 is 1.35 bits per heavy atom. The van der Waals surface area contributed by atoms with E-state index in [0.717, 1.165) is 11.1 Å². The SMILES string of the molecule is CC1=C(C)C(=O)N(C[C@H]2CN(C(=O)OC(C)(C)C)[C@H](C)CN2)C1. The molecule has 130 valence electrons. The number of ether oxygens (including phenoxy) is 1. The summed E-state index contributed by atoms with van der Waals surface area (Å²) in [6.45, 7) is 14.0. The minimum atomic E-state index is -0.500. The Bertz CT molecular complexity index is 522. The van der Waals surface area contributed by atoms with E-state index >= 15 is 0 Å². The van der Waals surface area contributed by atoms with Gasteiger partial charge in [0.25, 0.3) is 0 Å². The summed E-state index contributed by atoms with van der Waals surface area (Å²) in [5.41, 5.74) is 1.47. The zero-order chi connectivity index (χ0) is 17.4. The molecule has 0 bridgehead atoms. The molecule has 6 nitrogen and oxygen atoms in total. The van der Waals surface area contributed by atoms with Crippen molar-refractivity contribution in [2.24, 2.45) is 0 Å². The van der Waals surface area contributed by atoms with E-state index in [-0.39, 0.29) is 24.1 Å². The van der Waals surface area contributed by atoms with Crippen molar-refractivity contribution in [1.29, 1.82) is 0 Å². The summed E-state index contributed by atoms with van der Waals surface area (Å²) in [6.07, 6.45) is -0.283. The smallest absolute Gasteiger partial charge is 0.410 e. The van der Waals surface area contributed by atoms with Gasteiger partial charge in [0, 0.05) is 43.8 Å². The first-order valence-electron chi connectivity index (χ1n) is 8.27. The molecule has 1 N–H and O–H groups in total. The van der Waals surface area contributed by atoms with Crippen LogP contribution in [0.4, 0.5) is 4.79 Å². The molecule has 0 saturated carbocycles. The Morgan fingerprint density at radius 3 is 2.52 bits per heavy atom.